The maximum Gasteiger partial charge on any atom is 0.264 e. The van der Waals surface area contributed by atoms with Crippen molar-refractivity contribution in [2.45, 2.75) is 4.55 Å². The second-order valence-electron chi connectivity index (χ2n) is 6.97. The standard InChI is InChI=1S/C24H21I2N2S/c1-27(2)20-11-8-18(9-12-20)21(17-6-4-3-5-7-17)15-24-28(16-25)22-13-10-19(26)14-23(22)29-24/h3-15H,16H2,1-2H3/q+1. The summed E-state index contributed by atoms with van der Waals surface area (Å²) in [5, 5.41) is 1.27. The number of fused-ring (bicyclic) bond motifs is 1. The van der Waals surface area contributed by atoms with Crippen LogP contribution in [0.2, 0.25) is 0 Å². The fourth-order valence-corrected chi connectivity index (χ4v) is 6.14. The second kappa shape index (κ2) is 9.14. The number of anilines is 1. The molecule has 2 nitrogen and oxygen atoms in total. The van der Waals surface area contributed by atoms with Gasteiger partial charge in [-0.2, -0.15) is 4.57 Å². The van der Waals surface area contributed by atoms with Gasteiger partial charge in [0.15, 0.2) is 4.55 Å². The summed E-state index contributed by atoms with van der Waals surface area (Å²) in [6.45, 7) is 0. The van der Waals surface area contributed by atoms with Crippen molar-refractivity contribution in [2.75, 3.05) is 19.0 Å². The third kappa shape index (κ3) is 4.51. The molecular weight excluding hydrogens is 602 g/mol. The lowest BCUT2D eigenvalue weighted by Crippen LogP contribution is -2.32. The lowest BCUT2D eigenvalue weighted by atomic mass is 9.97. The number of aromatic nitrogens is 1. The number of hydrogen-bond acceptors (Lipinski definition) is 2. The van der Waals surface area contributed by atoms with Gasteiger partial charge in [0.25, 0.3) is 5.01 Å². The topological polar surface area (TPSA) is 7.12 Å². The first-order chi connectivity index (χ1) is 14.1. The number of rotatable bonds is 5. The van der Waals surface area contributed by atoms with Crippen molar-refractivity contribution in [3.8, 4) is 0 Å². The molecule has 0 saturated heterocycles. The van der Waals surface area contributed by atoms with E-state index in [2.05, 4.69) is 148 Å². The van der Waals surface area contributed by atoms with Crippen LogP contribution in [-0.4, -0.2) is 14.1 Å². The Balaban J connectivity index is 1.90. The van der Waals surface area contributed by atoms with E-state index in [4.69, 9.17) is 0 Å². The van der Waals surface area contributed by atoms with Gasteiger partial charge in [0, 0.05) is 35.5 Å². The van der Waals surface area contributed by atoms with E-state index >= 15 is 0 Å². The van der Waals surface area contributed by atoms with Gasteiger partial charge in [0.2, 0.25) is 5.52 Å². The molecule has 1 heterocycles. The first-order valence-corrected chi connectivity index (χ1v) is 12.7. The zero-order valence-corrected chi connectivity index (χ0v) is 21.4. The summed E-state index contributed by atoms with van der Waals surface area (Å²) in [5.74, 6) is 0. The Hall–Kier alpha value is -1.45. The zero-order chi connectivity index (χ0) is 20.4. The number of halogens is 2. The van der Waals surface area contributed by atoms with Gasteiger partial charge in [0.05, 0.1) is 0 Å². The molecule has 0 spiro atoms. The van der Waals surface area contributed by atoms with E-state index in [-0.39, 0.29) is 0 Å². The normalized spacial score (nSPS) is 11.8. The molecule has 3 aromatic carbocycles. The van der Waals surface area contributed by atoms with Gasteiger partial charge in [-0.15, -0.1) is 0 Å². The van der Waals surface area contributed by atoms with E-state index in [0.717, 1.165) is 4.55 Å². The maximum atomic E-state index is 2.45. The highest BCUT2D eigenvalue weighted by Gasteiger charge is 2.19. The molecular formula is C24H21I2N2S+. The van der Waals surface area contributed by atoms with E-state index in [9.17, 15) is 0 Å². The number of alkyl halides is 1. The zero-order valence-electron chi connectivity index (χ0n) is 16.3. The average molecular weight is 623 g/mol. The van der Waals surface area contributed by atoms with Crippen molar-refractivity contribution < 1.29 is 4.57 Å². The van der Waals surface area contributed by atoms with Gasteiger partial charge in [-0.25, -0.2) is 0 Å². The Kier molecular flexibility index (Phi) is 6.56. The van der Waals surface area contributed by atoms with Crippen LogP contribution in [0.25, 0.3) is 21.9 Å². The molecule has 0 unspecified atom stereocenters. The van der Waals surface area contributed by atoms with Crippen LogP contribution in [0.4, 0.5) is 5.69 Å². The van der Waals surface area contributed by atoms with E-state index in [1.165, 1.54) is 41.2 Å². The summed E-state index contributed by atoms with van der Waals surface area (Å²) in [4.78, 5) is 2.13. The highest BCUT2D eigenvalue weighted by atomic mass is 127. The highest BCUT2D eigenvalue weighted by Crippen LogP contribution is 2.30. The van der Waals surface area contributed by atoms with Crippen LogP contribution < -0.4 is 9.47 Å². The molecule has 0 aliphatic heterocycles. The highest BCUT2D eigenvalue weighted by molar-refractivity contribution is 14.1. The third-order valence-electron chi connectivity index (χ3n) is 4.86. The summed E-state index contributed by atoms with van der Waals surface area (Å²) < 4.78 is 5.92. The number of nitrogens with zero attached hydrogens (tertiary/aromatic N) is 2. The predicted octanol–water partition coefficient (Wildman–Crippen LogP) is 6.84. The van der Waals surface area contributed by atoms with Gasteiger partial charge >= 0.3 is 0 Å². The first kappa shape index (κ1) is 20.8. The van der Waals surface area contributed by atoms with E-state index in [0.29, 0.717) is 0 Å². The smallest absolute Gasteiger partial charge is 0.264 e. The minimum Gasteiger partial charge on any atom is -0.378 e. The minimum absolute atomic E-state index is 0.922. The van der Waals surface area contributed by atoms with Crippen LogP contribution >= 0.6 is 56.5 Å². The predicted molar refractivity (Wildman–Crippen MR) is 143 cm³/mol. The Morgan fingerprint density at radius 2 is 1.66 bits per heavy atom. The lowest BCUT2D eigenvalue weighted by molar-refractivity contribution is -0.641. The van der Waals surface area contributed by atoms with Crippen molar-refractivity contribution in [1.82, 2.24) is 0 Å². The Labute approximate surface area is 203 Å². The van der Waals surface area contributed by atoms with Gasteiger partial charge < -0.3 is 4.90 Å². The monoisotopic (exact) mass is 623 g/mol. The van der Waals surface area contributed by atoms with Crippen LogP contribution in [-0.2, 0) is 4.55 Å². The van der Waals surface area contributed by atoms with Crippen LogP contribution in [0.1, 0.15) is 16.1 Å². The first-order valence-electron chi connectivity index (χ1n) is 9.29. The molecule has 0 bridgehead atoms. The van der Waals surface area contributed by atoms with E-state index in [1.54, 1.807) is 0 Å². The molecule has 0 aliphatic rings. The molecule has 0 fully saturated rings. The van der Waals surface area contributed by atoms with Crippen molar-refractivity contribution in [3.63, 3.8) is 0 Å². The molecule has 29 heavy (non-hydrogen) atoms. The quantitative estimate of drug-likeness (QED) is 0.134. The second-order valence-corrected chi connectivity index (χ2v) is 9.96. The van der Waals surface area contributed by atoms with Gasteiger partial charge in [0.1, 0.15) is 4.70 Å². The van der Waals surface area contributed by atoms with E-state index < -0.39 is 0 Å². The molecule has 0 atom stereocenters. The van der Waals surface area contributed by atoms with Crippen molar-refractivity contribution in [2.24, 2.45) is 0 Å². The summed E-state index contributed by atoms with van der Waals surface area (Å²) in [5.41, 5.74) is 6.22. The molecule has 5 heteroatoms. The molecule has 146 valence electrons. The molecule has 1 aromatic heterocycles. The molecule has 0 N–H and O–H groups in total. The average Bonchev–Trinajstić information content (AvgIpc) is 3.08. The third-order valence-corrected chi connectivity index (χ3v) is 7.31. The SMILES string of the molecule is CN(C)c1ccc(/C(=C/c2sc3cc(I)ccc3[n+]2CI)c2ccccc2)cc1. The fourth-order valence-electron chi connectivity index (χ4n) is 3.32. The van der Waals surface area contributed by atoms with Gasteiger partial charge in [-0.3, -0.25) is 0 Å². The number of hydrogen-bond donors (Lipinski definition) is 0. The molecule has 4 aromatic rings. The van der Waals surface area contributed by atoms with Crippen molar-refractivity contribution in [1.29, 1.82) is 0 Å². The fraction of sp³-hybridized carbons (Fsp3) is 0.125. The van der Waals surface area contributed by atoms with Crippen LogP contribution in [0.15, 0.2) is 72.8 Å². The summed E-state index contributed by atoms with van der Waals surface area (Å²) in [6.07, 6.45) is 2.34. The van der Waals surface area contributed by atoms with Crippen molar-refractivity contribution in [3.05, 3.63) is 92.5 Å². The van der Waals surface area contributed by atoms with Gasteiger partial charge in [-0.05, 0) is 86.1 Å². The van der Waals surface area contributed by atoms with E-state index in [1.807, 2.05) is 11.3 Å². The Morgan fingerprint density at radius 1 is 0.966 bits per heavy atom. The molecule has 0 aliphatic carbocycles. The Morgan fingerprint density at radius 3 is 2.31 bits per heavy atom. The molecule has 0 radical (unpaired) electrons. The largest absolute Gasteiger partial charge is 0.378 e. The molecule has 4 rings (SSSR count). The molecule has 0 amide bonds. The summed E-state index contributed by atoms with van der Waals surface area (Å²) in [7, 11) is 4.15. The van der Waals surface area contributed by atoms with Gasteiger partial charge in [-0.1, -0.05) is 53.8 Å². The maximum absolute atomic E-state index is 2.45. The van der Waals surface area contributed by atoms with Crippen LogP contribution in [0.3, 0.4) is 0 Å². The summed E-state index contributed by atoms with van der Waals surface area (Å²) in [6, 6.07) is 26.2. The number of benzene rings is 3. The van der Waals surface area contributed by atoms with Crippen LogP contribution in [0, 0.1) is 3.57 Å². The molecule has 0 saturated carbocycles. The Bertz CT molecular complexity index is 1160. The number of thiazole rings is 1. The minimum atomic E-state index is 0.922. The lowest BCUT2D eigenvalue weighted by Gasteiger charge is -2.14. The summed E-state index contributed by atoms with van der Waals surface area (Å²) >= 11 is 6.70. The van der Waals surface area contributed by atoms with Crippen LogP contribution in [0.5, 0.6) is 0 Å². The van der Waals surface area contributed by atoms with Crippen molar-refractivity contribution >= 4 is 84.1 Å².